The second-order valence-corrected chi connectivity index (χ2v) is 5.78. The lowest BCUT2D eigenvalue weighted by Crippen LogP contribution is -2.11. The van der Waals surface area contributed by atoms with Crippen molar-refractivity contribution in [1.29, 1.82) is 0 Å². The molecule has 2 aromatic carbocycles. The minimum Gasteiger partial charge on any atom is -0.494 e. The summed E-state index contributed by atoms with van der Waals surface area (Å²) in [5.41, 5.74) is 4.21. The normalized spacial score (nSPS) is 10.9. The maximum Gasteiger partial charge on any atom is 0.336 e. The van der Waals surface area contributed by atoms with Crippen LogP contribution in [-0.2, 0) is 0 Å². The highest BCUT2D eigenvalue weighted by atomic mass is 32.1. The molecule has 0 aliphatic rings. The number of carboxylic acid groups (broad SMARTS) is 1. The summed E-state index contributed by atoms with van der Waals surface area (Å²) in [7, 11) is 0. The minimum absolute atomic E-state index is 0.158. The Morgan fingerprint density at radius 2 is 2.07 bits per heavy atom. The van der Waals surface area contributed by atoms with Crippen LogP contribution in [0.15, 0.2) is 53.6 Å². The van der Waals surface area contributed by atoms with Crippen LogP contribution in [0.1, 0.15) is 22.8 Å². The molecule has 0 atom stereocenters. The Kier molecular flexibility index (Phi) is 5.62. The quantitative estimate of drug-likeness (QED) is 0.329. The molecule has 0 amide bonds. The molecule has 1 heterocycles. The Morgan fingerprint density at radius 1 is 1.33 bits per heavy atom. The molecule has 138 valence electrons. The lowest BCUT2D eigenvalue weighted by molar-refractivity contribution is 0.0696. The van der Waals surface area contributed by atoms with Crippen LogP contribution in [0.25, 0.3) is 11.4 Å². The number of carbonyl (C=O) groups is 1. The van der Waals surface area contributed by atoms with E-state index >= 15 is 0 Å². The zero-order chi connectivity index (χ0) is 19.2. The SMILES string of the molecule is CCOc1ccc(-c2n[nH]c(=S)n2N/N=C\c2ccccc2C(=O)O)cc1. The van der Waals surface area contributed by atoms with Crippen molar-refractivity contribution < 1.29 is 14.6 Å². The monoisotopic (exact) mass is 383 g/mol. The molecule has 3 aromatic rings. The van der Waals surface area contributed by atoms with E-state index in [1.807, 2.05) is 31.2 Å². The standard InChI is InChI=1S/C18H17N5O3S/c1-2-26-14-9-7-12(8-10-14)16-20-21-18(27)23(16)22-19-11-13-5-3-4-6-15(13)17(24)25/h3-11,22H,2H2,1H3,(H,21,27)(H,24,25)/b19-11-. The summed E-state index contributed by atoms with van der Waals surface area (Å²) >= 11 is 5.23. The summed E-state index contributed by atoms with van der Waals surface area (Å²) in [5.74, 6) is 0.275. The molecular formula is C18H17N5O3S. The molecular weight excluding hydrogens is 366 g/mol. The van der Waals surface area contributed by atoms with E-state index < -0.39 is 5.97 Å². The van der Waals surface area contributed by atoms with Gasteiger partial charge in [-0.25, -0.2) is 15.4 Å². The zero-order valence-corrected chi connectivity index (χ0v) is 15.2. The van der Waals surface area contributed by atoms with Crippen molar-refractivity contribution in [3.63, 3.8) is 0 Å². The molecule has 0 saturated carbocycles. The summed E-state index contributed by atoms with van der Waals surface area (Å²) in [6.07, 6.45) is 1.42. The largest absolute Gasteiger partial charge is 0.494 e. The van der Waals surface area contributed by atoms with Crippen LogP contribution in [0.4, 0.5) is 0 Å². The lowest BCUT2D eigenvalue weighted by atomic mass is 10.1. The van der Waals surface area contributed by atoms with Crippen molar-refractivity contribution in [3.8, 4) is 17.1 Å². The number of rotatable bonds is 7. The minimum atomic E-state index is -1.02. The van der Waals surface area contributed by atoms with Crippen molar-refractivity contribution in [2.75, 3.05) is 12.1 Å². The molecule has 0 bridgehead atoms. The molecule has 0 aliphatic carbocycles. The molecule has 0 fully saturated rings. The van der Waals surface area contributed by atoms with Crippen LogP contribution >= 0.6 is 12.2 Å². The third-order valence-corrected chi connectivity index (χ3v) is 3.92. The first kappa shape index (κ1) is 18.3. The van der Waals surface area contributed by atoms with Gasteiger partial charge in [0.1, 0.15) is 5.75 Å². The third kappa shape index (κ3) is 4.21. The predicted molar refractivity (Wildman–Crippen MR) is 104 cm³/mol. The molecule has 0 aliphatic heterocycles. The van der Waals surface area contributed by atoms with Crippen molar-refractivity contribution in [3.05, 3.63) is 64.4 Å². The number of carboxylic acids is 1. The molecule has 9 heteroatoms. The second kappa shape index (κ2) is 8.28. The Bertz CT molecular complexity index is 1020. The first-order valence-electron chi connectivity index (χ1n) is 8.12. The van der Waals surface area contributed by atoms with Gasteiger partial charge in [0.25, 0.3) is 0 Å². The van der Waals surface area contributed by atoms with Crippen molar-refractivity contribution >= 4 is 24.4 Å². The molecule has 0 spiro atoms. The number of aromatic carboxylic acids is 1. The molecule has 27 heavy (non-hydrogen) atoms. The number of aromatic amines is 1. The van der Waals surface area contributed by atoms with Gasteiger partial charge in [0.2, 0.25) is 4.77 Å². The number of aromatic nitrogens is 3. The average Bonchev–Trinajstić information content (AvgIpc) is 3.04. The summed E-state index contributed by atoms with van der Waals surface area (Å²) in [6, 6.07) is 14.0. The van der Waals surface area contributed by atoms with Gasteiger partial charge < -0.3 is 9.84 Å². The number of nitrogens with zero attached hydrogens (tertiary/aromatic N) is 3. The van der Waals surface area contributed by atoms with E-state index in [-0.39, 0.29) is 5.56 Å². The van der Waals surface area contributed by atoms with E-state index in [0.29, 0.717) is 22.8 Å². The number of ether oxygens (including phenoxy) is 1. The summed E-state index contributed by atoms with van der Waals surface area (Å²) < 4.78 is 7.25. The Balaban J connectivity index is 1.84. The fraction of sp³-hybridized carbons (Fsp3) is 0.111. The molecule has 8 nitrogen and oxygen atoms in total. The van der Waals surface area contributed by atoms with Crippen LogP contribution in [0.5, 0.6) is 5.75 Å². The predicted octanol–water partition coefficient (Wildman–Crippen LogP) is 3.28. The molecule has 1 aromatic heterocycles. The maximum atomic E-state index is 11.3. The van der Waals surface area contributed by atoms with Crippen LogP contribution in [-0.4, -0.2) is 38.8 Å². The van der Waals surface area contributed by atoms with Crippen LogP contribution in [0.2, 0.25) is 0 Å². The van der Waals surface area contributed by atoms with E-state index in [4.69, 9.17) is 17.0 Å². The third-order valence-electron chi connectivity index (χ3n) is 3.65. The van der Waals surface area contributed by atoms with Gasteiger partial charge >= 0.3 is 5.97 Å². The van der Waals surface area contributed by atoms with E-state index in [0.717, 1.165) is 11.3 Å². The number of hydrogen-bond donors (Lipinski definition) is 3. The van der Waals surface area contributed by atoms with Gasteiger partial charge in [-0.15, -0.1) is 0 Å². The zero-order valence-electron chi connectivity index (χ0n) is 14.4. The Hall–Kier alpha value is -3.46. The van der Waals surface area contributed by atoms with E-state index in [2.05, 4.69) is 20.8 Å². The fourth-order valence-corrected chi connectivity index (χ4v) is 2.58. The van der Waals surface area contributed by atoms with Crippen molar-refractivity contribution in [1.82, 2.24) is 14.9 Å². The maximum absolute atomic E-state index is 11.3. The molecule has 3 N–H and O–H groups in total. The Labute approximate surface area is 160 Å². The first-order valence-corrected chi connectivity index (χ1v) is 8.53. The highest BCUT2D eigenvalue weighted by Gasteiger charge is 2.09. The highest BCUT2D eigenvalue weighted by Crippen LogP contribution is 2.20. The molecule has 3 rings (SSSR count). The van der Waals surface area contributed by atoms with Crippen molar-refractivity contribution in [2.45, 2.75) is 6.92 Å². The Morgan fingerprint density at radius 3 is 2.78 bits per heavy atom. The summed E-state index contributed by atoms with van der Waals surface area (Å²) in [6.45, 7) is 2.51. The molecule has 0 unspecified atom stereocenters. The first-order chi connectivity index (χ1) is 13.1. The van der Waals surface area contributed by atoms with Gasteiger partial charge in [-0.1, -0.05) is 18.2 Å². The molecule has 0 saturated heterocycles. The number of H-pyrrole nitrogens is 1. The van der Waals surface area contributed by atoms with Gasteiger partial charge in [0, 0.05) is 11.1 Å². The highest BCUT2D eigenvalue weighted by molar-refractivity contribution is 7.71. The fourth-order valence-electron chi connectivity index (χ4n) is 2.41. The molecule has 0 radical (unpaired) electrons. The number of nitrogens with one attached hydrogen (secondary N) is 2. The van der Waals surface area contributed by atoms with Crippen molar-refractivity contribution in [2.24, 2.45) is 5.10 Å². The van der Waals surface area contributed by atoms with E-state index in [9.17, 15) is 9.90 Å². The van der Waals surface area contributed by atoms with Gasteiger partial charge in [-0.2, -0.15) is 14.9 Å². The van der Waals surface area contributed by atoms with Crippen LogP contribution in [0.3, 0.4) is 0 Å². The number of hydrogen-bond acceptors (Lipinski definition) is 6. The van der Waals surface area contributed by atoms with Crippen LogP contribution < -0.4 is 10.3 Å². The van der Waals surface area contributed by atoms with E-state index in [1.165, 1.54) is 17.0 Å². The van der Waals surface area contributed by atoms with Gasteiger partial charge in [0.15, 0.2) is 5.82 Å². The van der Waals surface area contributed by atoms with Crippen LogP contribution in [0, 0.1) is 4.77 Å². The topological polar surface area (TPSA) is 105 Å². The number of benzene rings is 2. The van der Waals surface area contributed by atoms with Gasteiger partial charge in [-0.3, -0.25) is 0 Å². The van der Waals surface area contributed by atoms with E-state index in [1.54, 1.807) is 18.2 Å². The average molecular weight is 383 g/mol. The summed E-state index contributed by atoms with van der Waals surface area (Å²) in [4.78, 5) is 11.3. The smallest absolute Gasteiger partial charge is 0.336 e. The summed E-state index contributed by atoms with van der Waals surface area (Å²) in [5, 5.41) is 20.2. The number of hydrazone groups is 1. The van der Waals surface area contributed by atoms with Gasteiger partial charge in [0.05, 0.1) is 18.4 Å². The second-order valence-electron chi connectivity index (χ2n) is 5.40. The van der Waals surface area contributed by atoms with Gasteiger partial charge in [-0.05, 0) is 49.5 Å². The lowest BCUT2D eigenvalue weighted by Gasteiger charge is -2.07.